The number of nitrogens with one attached hydrogen (secondary N) is 2. The lowest BCUT2D eigenvalue weighted by Crippen LogP contribution is -2.41. The van der Waals surface area contributed by atoms with Crippen LogP contribution in [-0.2, 0) is 4.79 Å². The first-order chi connectivity index (χ1) is 13.8. The van der Waals surface area contributed by atoms with E-state index in [1.165, 1.54) is 31.4 Å². The van der Waals surface area contributed by atoms with Gasteiger partial charge in [-0.2, -0.15) is 13.2 Å². The molecule has 8 heteroatoms. The van der Waals surface area contributed by atoms with Gasteiger partial charge in [0.15, 0.2) is 11.5 Å². The second kappa shape index (κ2) is 10.2. The number of rotatable bonds is 9. The van der Waals surface area contributed by atoms with Gasteiger partial charge in [-0.15, -0.1) is 0 Å². The van der Waals surface area contributed by atoms with Crippen molar-refractivity contribution in [1.29, 1.82) is 0 Å². The fourth-order valence-electron chi connectivity index (χ4n) is 2.87. The minimum absolute atomic E-state index is 0.0529. The number of carbonyl (C=O) groups is 1. The summed E-state index contributed by atoms with van der Waals surface area (Å²) in [7, 11) is 1.51. The van der Waals surface area contributed by atoms with E-state index in [1.807, 2.05) is 6.92 Å². The molecule has 0 spiro atoms. The SMILES string of the molecule is CCOc1ccc(C(C)NC(=O)CNC(c2ccccc2)C(F)(F)F)cc1OC. The minimum atomic E-state index is -4.52. The maximum absolute atomic E-state index is 13.3. The van der Waals surface area contributed by atoms with Gasteiger partial charge in [0.1, 0.15) is 6.04 Å². The van der Waals surface area contributed by atoms with Crippen LogP contribution in [0.4, 0.5) is 13.2 Å². The molecule has 2 rings (SSSR count). The first-order valence-corrected chi connectivity index (χ1v) is 9.21. The topological polar surface area (TPSA) is 59.6 Å². The number of amides is 1. The third-order valence-corrected chi connectivity index (χ3v) is 4.29. The molecule has 2 aromatic carbocycles. The zero-order valence-electron chi connectivity index (χ0n) is 16.5. The van der Waals surface area contributed by atoms with Gasteiger partial charge >= 0.3 is 6.18 Å². The molecule has 1 amide bonds. The van der Waals surface area contributed by atoms with Gasteiger partial charge in [-0.1, -0.05) is 36.4 Å². The Morgan fingerprint density at radius 1 is 1.07 bits per heavy atom. The number of hydrogen-bond acceptors (Lipinski definition) is 4. The summed E-state index contributed by atoms with van der Waals surface area (Å²) in [5.41, 5.74) is 0.797. The molecule has 0 aromatic heterocycles. The van der Waals surface area contributed by atoms with Crippen molar-refractivity contribution in [2.75, 3.05) is 20.3 Å². The Bertz CT molecular complexity index is 798. The Morgan fingerprint density at radius 3 is 2.34 bits per heavy atom. The monoisotopic (exact) mass is 410 g/mol. The second-order valence-corrected chi connectivity index (χ2v) is 6.40. The zero-order chi connectivity index (χ0) is 21.4. The van der Waals surface area contributed by atoms with Gasteiger partial charge in [-0.3, -0.25) is 10.1 Å². The van der Waals surface area contributed by atoms with Gasteiger partial charge in [-0.05, 0) is 37.1 Å². The summed E-state index contributed by atoms with van der Waals surface area (Å²) in [6, 6.07) is 10.3. The number of hydrogen-bond donors (Lipinski definition) is 2. The molecule has 0 aliphatic heterocycles. The lowest BCUT2D eigenvalue weighted by molar-refractivity contribution is -0.158. The van der Waals surface area contributed by atoms with E-state index in [9.17, 15) is 18.0 Å². The maximum Gasteiger partial charge on any atom is 0.407 e. The largest absolute Gasteiger partial charge is 0.493 e. The summed E-state index contributed by atoms with van der Waals surface area (Å²) in [6.07, 6.45) is -4.52. The van der Waals surface area contributed by atoms with Crippen molar-refractivity contribution >= 4 is 5.91 Å². The van der Waals surface area contributed by atoms with Crippen LogP contribution in [-0.4, -0.2) is 32.3 Å². The molecule has 2 unspecified atom stereocenters. The molecule has 0 aliphatic rings. The van der Waals surface area contributed by atoms with Gasteiger partial charge in [0, 0.05) is 0 Å². The molecule has 2 aromatic rings. The smallest absolute Gasteiger partial charge is 0.407 e. The summed E-state index contributed by atoms with van der Waals surface area (Å²) >= 11 is 0. The summed E-state index contributed by atoms with van der Waals surface area (Å²) in [4.78, 5) is 12.2. The van der Waals surface area contributed by atoms with Gasteiger partial charge in [0.05, 0.1) is 26.3 Å². The van der Waals surface area contributed by atoms with Gasteiger partial charge in [0.25, 0.3) is 0 Å². The number of ether oxygens (including phenoxy) is 2. The molecule has 0 saturated heterocycles. The molecule has 29 heavy (non-hydrogen) atoms. The molecule has 0 fully saturated rings. The average Bonchev–Trinajstić information content (AvgIpc) is 2.68. The highest BCUT2D eigenvalue weighted by atomic mass is 19.4. The molecule has 0 radical (unpaired) electrons. The van der Waals surface area contributed by atoms with Crippen molar-refractivity contribution in [3.63, 3.8) is 0 Å². The highest BCUT2D eigenvalue weighted by Gasteiger charge is 2.40. The second-order valence-electron chi connectivity index (χ2n) is 6.40. The van der Waals surface area contributed by atoms with Gasteiger partial charge in [0.2, 0.25) is 5.91 Å². The molecule has 0 bridgehead atoms. The van der Waals surface area contributed by atoms with Crippen molar-refractivity contribution in [3.05, 3.63) is 59.7 Å². The lowest BCUT2D eigenvalue weighted by atomic mass is 10.1. The predicted molar refractivity (Wildman–Crippen MR) is 104 cm³/mol. The van der Waals surface area contributed by atoms with E-state index in [4.69, 9.17) is 9.47 Å². The highest BCUT2D eigenvalue weighted by Crippen LogP contribution is 2.32. The lowest BCUT2D eigenvalue weighted by Gasteiger charge is -2.23. The van der Waals surface area contributed by atoms with Crippen LogP contribution in [0, 0.1) is 0 Å². The Labute approximate surface area is 168 Å². The number of benzene rings is 2. The van der Waals surface area contributed by atoms with Gasteiger partial charge in [-0.25, -0.2) is 0 Å². The van der Waals surface area contributed by atoms with E-state index >= 15 is 0 Å². The van der Waals surface area contributed by atoms with Gasteiger partial charge < -0.3 is 14.8 Å². The molecule has 0 aliphatic carbocycles. The van der Waals surface area contributed by atoms with Crippen LogP contribution in [0.5, 0.6) is 11.5 Å². The van der Waals surface area contributed by atoms with Crippen LogP contribution >= 0.6 is 0 Å². The van der Waals surface area contributed by atoms with Crippen LogP contribution < -0.4 is 20.1 Å². The predicted octanol–water partition coefficient (Wildman–Crippen LogP) is 4.16. The Morgan fingerprint density at radius 2 is 1.76 bits per heavy atom. The van der Waals surface area contributed by atoms with Crippen molar-refractivity contribution < 1.29 is 27.4 Å². The fraction of sp³-hybridized carbons (Fsp3) is 0.381. The van der Waals surface area contributed by atoms with Crippen molar-refractivity contribution in [2.45, 2.75) is 32.1 Å². The van der Waals surface area contributed by atoms with Crippen molar-refractivity contribution in [3.8, 4) is 11.5 Å². The van der Waals surface area contributed by atoms with Crippen LogP contribution in [0.1, 0.15) is 37.1 Å². The molecule has 0 heterocycles. The quantitative estimate of drug-likeness (QED) is 0.652. The number of alkyl halides is 3. The van der Waals surface area contributed by atoms with E-state index < -0.39 is 30.7 Å². The molecule has 5 nitrogen and oxygen atoms in total. The van der Waals surface area contributed by atoms with Crippen LogP contribution in [0.25, 0.3) is 0 Å². The van der Waals surface area contributed by atoms with E-state index in [2.05, 4.69) is 10.6 Å². The Kier molecular flexibility index (Phi) is 7.90. The normalized spacial score (nSPS) is 13.4. The Balaban J connectivity index is 2.00. The molecular formula is C21H25F3N2O3. The third-order valence-electron chi connectivity index (χ3n) is 4.29. The van der Waals surface area contributed by atoms with Crippen LogP contribution in [0.15, 0.2) is 48.5 Å². The fourth-order valence-corrected chi connectivity index (χ4v) is 2.87. The molecule has 2 atom stereocenters. The molecule has 2 N–H and O–H groups in total. The summed E-state index contributed by atoms with van der Waals surface area (Å²) in [6.45, 7) is 3.60. The average molecular weight is 410 g/mol. The van der Waals surface area contributed by atoms with Crippen molar-refractivity contribution in [2.24, 2.45) is 0 Å². The van der Waals surface area contributed by atoms with Crippen LogP contribution in [0.2, 0.25) is 0 Å². The molecule has 0 saturated carbocycles. The standard InChI is InChI=1S/C21H25F3N2O3/c1-4-29-17-11-10-16(12-18(17)28-3)14(2)26-19(27)13-25-20(21(22,23)24)15-8-6-5-7-9-15/h5-12,14,20,25H,4,13H2,1-3H3,(H,26,27). The zero-order valence-corrected chi connectivity index (χ0v) is 16.5. The number of methoxy groups -OCH3 is 1. The van der Waals surface area contributed by atoms with E-state index in [0.29, 0.717) is 18.1 Å². The highest BCUT2D eigenvalue weighted by molar-refractivity contribution is 5.78. The minimum Gasteiger partial charge on any atom is -0.493 e. The van der Waals surface area contributed by atoms with Crippen molar-refractivity contribution in [1.82, 2.24) is 10.6 Å². The van der Waals surface area contributed by atoms with E-state index in [1.54, 1.807) is 31.2 Å². The number of halogens is 3. The van der Waals surface area contributed by atoms with E-state index in [-0.39, 0.29) is 5.56 Å². The first-order valence-electron chi connectivity index (χ1n) is 9.21. The van der Waals surface area contributed by atoms with E-state index in [0.717, 1.165) is 5.56 Å². The van der Waals surface area contributed by atoms with Crippen LogP contribution in [0.3, 0.4) is 0 Å². The molecular weight excluding hydrogens is 385 g/mol. The maximum atomic E-state index is 13.3. The summed E-state index contributed by atoms with van der Waals surface area (Å²) < 4.78 is 50.8. The summed E-state index contributed by atoms with van der Waals surface area (Å²) in [5, 5.41) is 4.99. The first kappa shape index (κ1) is 22.5. The molecule has 158 valence electrons. The summed E-state index contributed by atoms with van der Waals surface area (Å²) in [5.74, 6) is 0.551. The number of carbonyl (C=O) groups excluding carboxylic acids is 1. The Hall–Kier alpha value is -2.74. The third kappa shape index (κ3) is 6.39.